The lowest BCUT2D eigenvalue weighted by Gasteiger charge is -2.32. The van der Waals surface area contributed by atoms with Gasteiger partial charge in [-0.2, -0.15) is 5.10 Å². The Morgan fingerprint density at radius 3 is 2.88 bits per heavy atom. The van der Waals surface area contributed by atoms with Gasteiger partial charge in [0.2, 0.25) is 0 Å². The molecule has 0 spiro atoms. The van der Waals surface area contributed by atoms with Crippen molar-refractivity contribution < 1.29 is 4.79 Å². The van der Waals surface area contributed by atoms with Gasteiger partial charge in [-0.1, -0.05) is 6.07 Å². The van der Waals surface area contributed by atoms with Crippen molar-refractivity contribution in [3.05, 3.63) is 47.4 Å². The van der Waals surface area contributed by atoms with E-state index in [2.05, 4.69) is 20.5 Å². The molecule has 0 aliphatic carbocycles. The van der Waals surface area contributed by atoms with E-state index in [-0.39, 0.29) is 5.91 Å². The van der Waals surface area contributed by atoms with Gasteiger partial charge in [0.15, 0.2) is 0 Å². The molecular formula is C18H23N5O. The van der Waals surface area contributed by atoms with Gasteiger partial charge in [0.05, 0.1) is 5.69 Å². The Kier molecular flexibility index (Phi) is 5.03. The number of carbonyl (C=O) groups is 1. The molecule has 1 amide bonds. The minimum Gasteiger partial charge on any atom is -0.372 e. The van der Waals surface area contributed by atoms with E-state index in [0.29, 0.717) is 11.6 Å². The smallest absolute Gasteiger partial charge is 0.272 e. The summed E-state index contributed by atoms with van der Waals surface area (Å²) in [5.74, 6) is 1.21. The number of likely N-dealkylation sites (tertiary alicyclic amines) is 1. The molecule has 0 radical (unpaired) electrons. The third-order valence-corrected chi connectivity index (χ3v) is 4.39. The van der Waals surface area contributed by atoms with Gasteiger partial charge in [-0.15, -0.1) is 5.10 Å². The van der Waals surface area contributed by atoms with Crippen molar-refractivity contribution in [3.63, 3.8) is 0 Å². The largest absolute Gasteiger partial charge is 0.372 e. The minimum absolute atomic E-state index is 0.0278. The van der Waals surface area contributed by atoms with E-state index in [9.17, 15) is 4.79 Å². The molecule has 0 bridgehead atoms. The summed E-state index contributed by atoms with van der Waals surface area (Å²) in [5, 5.41) is 11.3. The quantitative estimate of drug-likeness (QED) is 0.934. The molecule has 6 nitrogen and oxygen atoms in total. The van der Waals surface area contributed by atoms with Gasteiger partial charge in [0.1, 0.15) is 11.5 Å². The second-order valence-corrected chi connectivity index (χ2v) is 6.29. The average molecular weight is 325 g/mol. The van der Waals surface area contributed by atoms with Gasteiger partial charge < -0.3 is 10.2 Å². The molecule has 2 aromatic heterocycles. The maximum atomic E-state index is 12.7. The first-order chi connectivity index (χ1) is 11.7. The van der Waals surface area contributed by atoms with E-state index in [1.54, 1.807) is 6.07 Å². The lowest BCUT2D eigenvalue weighted by Crippen LogP contribution is -2.41. The van der Waals surface area contributed by atoms with Gasteiger partial charge in [0.25, 0.3) is 5.91 Å². The van der Waals surface area contributed by atoms with Crippen LogP contribution < -0.4 is 5.32 Å². The fraction of sp³-hybridized carbons (Fsp3) is 0.444. The van der Waals surface area contributed by atoms with Crippen molar-refractivity contribution in [2.45, 2.75) is 26.2 Å². The number of anilines is 1. The van der Waals surface area contributed by atoms with E-state index in [1.165, 1.54) is 0 Å². The first kappa shape index (κ1) is 16.4. The summed E-state index contributed by atoms with van der Waals surface area (Å²) in [6.45, 7) is 3.46. The van der Waals surface area contributed by atoms with Crippen molar-refractivity contribution in [2.24, 2.45) is 5.92 Å². The van der Waals surface area contributed by atoms with Crippen molar-refractivity contribution in [3.8, 4) is 0 Å². The Morgan fingerprint density at radius 1 is 1.29 bits per heavy atom. The van der Waals surface area contributed by atoms with Crippen LogP contribution in [0.15, 0.2) is 30.3 Å². The van der Waals surface area contributed by atoms with E-state index < -0.39 is 0 Å². The van der Waals surface area contributed by atoms with Crippen LogP contribution in [0, 0.1) is 12.8 Å². The average Bonchev–Trinajstić information content (AvgIpc) is 2.62. The normalized spacial score (nSPS) is 17.6. The summed E-state index contributed by atoms with van der Waals surface area (Å²) in [6.07, 6.45) is 2.98. The van der Waals surface area contributed by atoms with Crippen LogP contribution in [0.25, 0.3) is 0 Å². The van der Waals surface area contributed by atoms with Crippen LogP contribution in [-0.4, -0.2) is 46.1 Å². The highest BCUT2D eigenvalue weighted by Crippen LogP contribution is 2.21. The van der Waals surface area contributed by atoms with Crippen LogP contribution in [0.1, 0.15) is 34.7 Å². The molecule has 1 fully saturated rings. The molecule has 0 unspecified atom stereocenters. The zero-order valence-electron chi connectivity index (χ0n) is 14.2. The lowest BCUT2D eigenvalue weighted by molar-refractivity contribution is 0.0666. The molecule has 24 heavy (non-hydrogen) atoms. The standard InChI is InChI=1S/C18H23N5O/c1-13-5-3-7-16(20-13)18(24)23-10-4-6-14(12-23)11-15-8-9-17(19-2)22-21-15/h3,5,7-9,14H,4,6,10-12H2,1-2H3,(H,19,22)/t14-/m0/s1. The lowest BCUT2D eigenvalue weighted by atomic mass is 9.93. The number of nitrogens with one attached hydrogen (secondary N) is 1. The monoisotopic (exact) mass is 325 g/mol. The zero-order chi connectivity index (χ0) is 16.9. The number of hydrogen-bond acceptors (Lipinski definition) is 5. The Balaban J connectivity index is 1.64. The van der Waals surface area contributed by atoms with Crippen molar-refractivity contribution in [1.29, 1.82) is 0 Å². The summed E-state index contributed by atoms with van der Waals surface area (Å²) in [7, 11) is 1.83. The SMILES string of the molecule is CNc1ccc(C[C@@H]2CCCN(C(=O)c3cccc(C)n3)C2)nn1. The number of pyridine rings is 1. The Labute approximate surface area is 142 Å². The number of hydrogen-bond donors (Lipinski definition) is 1. The molecule has 2 aromatic rings. The Hall–Kier alpha value is -2.50. The summed E-state index contributed by atoms with van der Waals surface area (Å²) >= 11 is 0. The number of piperidine rings is 1. The molecule has 1 atom stereocenters. The van der Waals surface area contributed by atoms with Crippen LogP contribution in [0.4, 0.5) is 5.82 Å². The molecule has 1 aliphatic rings. The summed E-state index contributed by atoms with van der Waals surface area (Å²) in [5.41, 5.74) is 2.38. The molecule has 1 N–H and O–H groups in total. The predicted octanol–water partition coefficient (Wildman–Crippen LogP) is 2.32. The topological polar surface area (TPSA) is 71.0 Å². The van der Waals surface area contributed by atoms with Crippen LogP contribution in [0.2, 0.25) is 0 Å². The van der Waals surface area contributed by atoms with Gasteiger partial charge in [-0.05, 0) is 56.4 Å². The maximum absolute atomic E-state index is 12.7. The predicted molar refractivity (Wildman–Crippen MR) is 92.9 cm³/mol. The van der Waals surface area contributed by atoms with E-state index >= 15 is 0 Å². The second-order valence-electron chi connectivity index (χ2n) is 6.29. The number of aromatic nitrogens is 3. The van der Waals surface area contributed by atoms with Crippen LogP contribution in [0.5, 0.6) is 0 Å². The number of amides is 1. The number of nitrogens with zero attached hydrogens (tertiary/aromatic N) is 4. The Bertz CT molecular complexity index is 701. The fourth-order valence-electron chi connectivity index (χ4n) is 3.14. The highest BCUT2D eigenvalue weighted by molar-refractivity contribution is 5.92. The van der Waals surface area contributed by atoms with Crippen LogP contribution in [0.3, 0.4) is 0 Å². The molecule has 0 saturated carbocycles. The van der Waals surface area contributed by atoms with Gasteiger partial charge in [-0.3, -0.25) is 4.79 Å². The molecule has 3 rings (SSSR count). The van der Waals surface area contributed by atoms with E-state index in [0.717, 1.165) is 49.6 Å². The van der Waals surface area contributed by atoms with Crippen molar-refractivity contribution in [1.82, 2.24) is 20.1 Å². The summed E-state index contributed by atoms with van der Waals surface area (Å²) in [6, 6.07) is 9.52. The summed E-state index contributed by atoms with van der Waals surface area (Å²) < 4.78 is 0. The fourth-order valence-corrected chi connectivity index (χ4v) is 3.14. The molecule has 1 aliphatic heterocycles. The third kappa shape index (κ3) is 3.88. The second kappa shape index (κ2) is 7.38. The number of aryl methyl sites for hydroxylation is 1. The Morgan fingerprint density at radius 2 is 2.17 bits per heavy atom. The van der Waals surface area contributed by atoms with E-state index in [4.69, 9.17) is 0 Å². The number of carbonyl (C=O) groups excluding carboxylic acids is 1. The van der Waals surface area contributed by atoms with Gasteiger partial charge in [-0.25, -0.2) is 4.98 Å². The van der Waals surface area contributed by atoms with Crippen LogP contribution >= 0.6 is 0 Å². The minimum atomic E-state index is 0.0278. The highest BCUT2D eigenvalue weighted by Gasteiger charge is 2.25. The highest BCUT2D eigenvalue weighted by atomic mass is 16.2. The zero-order valence-corrected chi connectivity index (χ0v) is 14.2. The first-order valence-electron chi connectivity index (χ1n) is 8.39. The molecule has 3 heterocycles. The van der Waals surface area contributed by atoms with Crippen molar-refractivity contribution >= 4 is 11.7 Å². The first-order valence-corrected chi connectivity index (χ1v) is 8.39. The van der Waals surface area contributed by atoms with E-state index in [1.807, 2.05) is 43.1 Å². The van der Waals surface area contributed by atoms with Gasteiger partial charge in [0, 0.05) is 25.8 Å². The number of rotatable bonds is 4. The summed E-state index contributed by atoms with van der Waals surface area (Å²) in [4.78, 5) is 18.9. The molecular weight excluding hydrogens is 302 g/mol. The third-order valence-electron chi connectivity index (χ3n) is 4.39. The maximum Gasteiger partial charge on any atom is 0.272 e. The molecule has 6 heteroatoms. The molecule has 1 saturated heterocycles. The molecule has 0 aromatic carbocycles. The van der Waals surface area contributed by atoms with Crippen molar-refractivity contribution in [2.75, 3.05) is 25.5 Å². The van der Waals surface area contributed by atoms with Gasteiger partial charge >= 0.3 is 0 Å². The molecule has 126 valence electrons. The van der Waals surface area contributed by atoms with Crippen LogP contribution in [-0.2, 0) is 6.42 Å².